The Balaban J connectivity index is 1.82. The molecule has 0 aliphatic carbocycles. The molecule has 0 aromatic heterocycles. The van der Waals surface area contributed by atoms with Crippen molar-refractivity contribution in [2.24, 2.45) is 0 Å². The van der Waals surface area contributed by atoms with E-state index in [1.165, 1.54) is 4.90 Å². The van der Waals surface area contributed by atoms with Crippen molar-refractivity contribution < 1.29 is 33.6 Å². The molecule has 1 N–H and O–H groups in total. The molecule has 1 atom stereocenters. The molecule has 0 saturated carbocycles. The standard InChI is InChI=1S/C30H36N2O7/c1-5-15-37-22-11-9-20(18-24(22)36-8-4)27-26(29(34)30(35)32(27)14-13-31(6-2)7-3)28(33)21-10-12-23-25(19-21)39-17-16-38-23/h5,9-12,18-19,27,33H,1,6-8,13-17H2,2-4H3/t27-/m0/s1. The Morgan fingerprint density at radius 3 is 2.49 bits per heavy atom. The summed E-state index contributed by atoms with van der Waals surface area (Å²) in [5.74, 6) is 0.363. The minimum Gasteiger partial charge on any atom is -0.507 e. The number of ether oxygens (including phenoxy) is 4. The lowest BCUT2D eigenvalue weighted by atomic mass is 9.94. The summed E-state index contributed by atoms with van der Waals surface area (Å²) in [6.07, 6.45) is 1.64. The Kier molecular flexibility index (Phi) is 9.14. The second-order valence-corrected chi connectivity index (χ2v) is 9.12. The van der Waals surface area contributed by atoms with Crippen LogP contribution in [0, 0.1) is 0 Å². The molecule has 0 radical (unpaired) electrons. The molecule has 0 unspecified atom stereocenters. The lowest BCUT2D eigenvalue weighted by molar-refractivity contribution is -0.140. The molecule has 2 aromatic carbocycles. The van der Waals surface area contributed by atoms with Crippen molar-refractivity contribution in [3.63, 3.8) is 0 Å². The number of hydrogen-bond acceptors (Lipinski definition) is 8. The average Bonchev–Trinajstić information content (AvgIpc) is 3.21. The van der Waals surface area contributed by atoms with Crippen molar-refractivity contribution in [2.75, 3.05) is 52.6 Å². The maximum absolute atomic E-state index is 13.5. The summed E-state index contributed by atoms with van der Waals surface area (Å²) in [7, 11) is 0. The highest BCUT2D eigenvalue weighted by atomic mass is 16.6. The lowest BCUT2D eigenvalue weighted by Gasteiger charge is -2.28. The average molecular weight is 537 g/mol. The van der Waals surface area contributed by atoms with E-state index in [9.17, 15) is 14.7 Å². The van der Waals surface area contributed by atoms with Crippen LogP contribution in [-0.2, 0) is 9.59 Å². The van der Waals surface area contributed by atoms with Crippen LogP contribution in [0.1, 0.15) is 37.9 Å². The topological polar surface area (TPSA) is 97.8 Å². The number of benzene rings is 2. The van der Waals surface area contributed by atoms with Crippen LogP contribution < -0.4 is 18.9 Å². The van der Waals surface area contributed by atoms with Gasteiger partial charge in [0.2, 0.25) is 0 Å². The number of fused-ring (bicyclic) bond motifs is 1. The maximum Gasteiger partial charge on any atom is 0.295 e. The van der Waals surface area contributed by atoms with E-state index in [1.807, 2.05) is 20.8 Å². The predicted molar refractivity (Wildman–Crippen MR) is 148 cm³/mol. The molecule has 39 heavy (non-hydrogen) atoms. The molecule has 2 aliphatic rings. The third-order valence-electron chi connectivity index (χ3n) is 6.85. The summed E-state index contributed by atoms with van der Waals surface area (Å²) >= 11 is 0. The first-order chi connectivity index (χ1) is 18.9. The summed E-state index contributed by atoms with van der Waals surface area (Å²) in [5, 5.41) is 11.5. The molecule has 0 bridgehead atoms. The van der Waals surface area contributed by atoms with Gasteiger partial charge in [-0.25, -0.2) is 0 Å². The zero-order valence-electron chi connectivity index (χ0n) is 22.8. The van der Waals surface area contributed by atoms with Crippen LogP contribution in [0.5, 0.6) is 23.0 Å². The zero-order chi connectivity index (χ0) is 27.9. The molecule has 1 fully saturated rings. The van der Waals surface area contributed by atoms with Crippen molar-refractivity contribution in [1.29, 1.82) is 0 Å². The molecular formula is C30H36N2O7. The number of aliphatic hydroxyl groups is 1. The Bertz CT molecular complexity index is 1250. The Hall–Kier alpha value is -3.98. The molecule has 208 valence electrons. The van der Waals surface area contributed by atoms with E-state index in [0.29, 0.717) is 73.6 Å². The number of aliphatic hydroxyl groups excluding tert-OH is 1. The van der Waals surface area contributed by atoms with E-state index in [0.717, 1.165) is 13.1 Å². The van der Waals surface area contributed by atoms with Crippen molar-refractivity contribution in [3.05, 3.63) is 65.8 Å². The number of rotatable bonds is 12. The van der Waals surface area contributed by atoms with Crippen LogP contribution in [0.2, 0.25) is 0 Å². The van der Waals surface area contributed by atoms with Gasteiger partial charge < -0.3 is 33.9 Å². The third-order valence-corrected chi connectivity index (χ3v) is 6.85. The van der Waals surface area contributed by atoms with E-state index in [2.05, 4.69) is 11.5 Å². The second kappa shape index (κ2) is 12.7. The minimum absolute atomic E-state index is 0.0124. The number of nitrogens with zero attached hydrogens (tertiary/aromatic N) is 2. The molecule has 9 nitrogen and oxygen atoms in total. The molecular weight excluding hydrogens is 500 g/mol. The summed E-state index contributed by atoms with van der Waals surface area (Å²) < 4.78 is 22.8. The van der Waals surface area contributed by atoms with Crippen LogP contribution in [0.3, 0.4) is 0 Å². The predicted octanol–water partition coefficient (Wildman–Crippen LogP) is 4.18. The van der Waals surface area contributed by atoms with Gasteiger partial charge in [0.1, 0.15) is 25.6 Å². The highest BCUT2D eigenvalue weighted by Gasteiger charge is 2.46. The number of carbonyl (C=O) groups excluding carboxylic acids is 2. The van der Waals surface area contributed by atoms with Gasteiger partial charge in [0.15, 0.2) is 23.0 Å². The van der Waals surface area contributed by atoms with E-state index < -0.39 is 17.7 Å². The van der Waals surface area contributed by atoms with Crippen LogP contribution >= 0.6 is 0 Å². The van der Waals surface area contributed by atoms with Gasteiger partial charge in [0.05, 0.1) is 18.2 Å². The molecule has 2 heterocycles. The maximum atomic E-state index is 13.5. The quantitative estimate of drug-likeness (QED) is 0.187. The van der Waals surface area contributed by atoms with Gasteiger partial charge in [0, 0.05) is 18.7 Å². The summed E-state index contributed by atoms with van der Waals surface area (Å²) in [6.45, 7) is 13.7. The van der Waals surface area contributed by atoms with Gasteiger partial charge in [-0.15, -0.1) is 0 Å². The molecule has 0 spiro atoms. The monoisotopic (exact) mass is 536 g/mol. The highest BCUT2D eigenvalue weighted by molar-refractivity contribution is 6.46. The van der Waals surface area contributed by atoms with Crippen molar-refractivity contribution in [1.82, 2.24) is 9.80 Å². The van der Waals surface area contributed by atoms with E-state index in [-0.39, 0.29) is 11.3 Å². The number of likely N-dealkylation sites (N-methyl/N-ethyl adjacent to an activating group) is 1. The fourth-order valence-corrected chi connectivity index (χ4v) is 4.82. The molecule has 2 aliphatic heterocycles. The van der Waals surface area contributed by atoms with Crippen LogP contribution in [0.25, 0.3) is 5.76 Å². The Morgan fingerprint density at radius 2 is 1.79 bits per heavy atom. The lowest BCUT2D eigenvalue weighted by Crippen LogP contribution is -2.38. The van der Waals surface area contributed by atoms with E-state index >= 15 is 0 Å². The largest absolute Gasteiger partial charge is 0.507 e. The van der Waals surface area contributed by atoms with E-state index in [1.54, 1.807) is 42.5 Å². The molecule has 9 heteroatoms. The second-order valence-electron chi connectivity index (χ2n) is 9.12. The van der Waals surface area contributed by atoms with Gasteiger partial charge in [-0.05, 0) is 55.9 Å². The van der Waals surface area contributed by atoms with Gasteiger partial charge in [-0.1, -0.05) is 32.6 Å². The SMILES string of the molecule is C=CCOc1ccc([C@H]2C(=C(O)c3ccc4c(c3)OCCO4)C(=O)C(=O)N2CCN(CC)CC)cc1OCC. The van der Waals surface area contributed by atoms with Crippen molar-refractivity contribution >= 4 is 17.4 Å². The third kappa shape index (κ3) is 5.88. The minimum atomic E-state index is -0.818. The van der Waals surface area contributed by atoms with Gasteiger partial charge in [0.25, 0.3) is 11.7 Å². The first-order valence-electron chi connectivity index (χ1n) is 13.3. The number of hydrogen-bond donors (Lipinski definition) is 1. The zero-order valence-corrected chi connectivity index (χ0v) is 22.8. The molecule has 4 rings (SSSR count). The number of ketones is 1. The van der Waals surface area contributed by atoms with E-state index in [4.69, 9.17) is 18.9 Å². The number of likely N-dealkylation sites (tertiary alicyclic amines) is 1. The van der Waals surface area contributed by atoms with Gasteiger partial charge in [-0.3, -0.25) is 9.59 Å². The molecule has 1 amide bonds. The smallest absolute Gasteiger partial charge is 0.295 e. The first-order valence-corrected chi connectivity index (χ1v) is 13.3. The number of carbonyl (C=O) groups is 2. The highest BCUT2D eigenvalue weighted by Crippen LogP contribution is 2.43. The van der Waals surface area contributed by atoms with Gasteiger partial charge >= 0.3 is 0 Å². The summed E-state index contributed by atoms with van der Waals surface area (Å²) in [5.41, 5.74) is 1.00. The van der Waals surface area contributed by atoms with Crippen LogP contribution in [0.4, 0.5) is 0 Å². The van der Waals surface area contributed by atoms with Crippen LogP contribution in [-0.4, -0.2) is 79.2 Å². The molecule has 2 aromatic rings. The summed E-state index contributed by atoms with van der Waals surface area (Å²) in [4.78, 5) is 30.5. The van der Waals surface area contributed by atoms with Crippen molar-refractivity contribution in [2.45, 2.75) is 26.8 Å². The Morgan fingerprint density at radius 1 is 1.05 bits per heavy atom. The number of amides is 1. The Labute approximate surface area is 229 Å². The fraction of sp³-hybridized carbons (Fsp3) is 0.400. The summed E-state index contributed by atoms with van der Waals surface area (Å²) in [6, 6.07) is 9.45. The first kappa shape index (κ1) is 28.0. The van der Waals surface area contributed by atoms with Crippen molar-refractivity contribution in [3.8, 4) is 23.0 Å². The number of Topliss-reactive ketones (excluding diaryl/α,β-unsaturated/α-hetero) is 1. The fourth-order valence-electron chi connectivity index (χ4n) is 4.82. The molecule has 1 saturated heterocycles. The van der Waals surface area contributed by atoms with Gasteiger partial charge in [-0.2, -0.15) is 0 Å². The normalized spacial score (nSPS) is 17.9. The van der Waals surface area contributed by atoms with Crippen LogP contribution in [0.15, 0.2) is 54.6 Å².